The van der Waals surface area contributed by atoms with E-state index in [2.05, 4.69) is 10.1 Å². The highest BCUT2D eigenvalue weighted by atomic mass is 35.5. The first-order valence-corrected chi connectivity index (χ1v) is 13.0. The lowest BCUT2D eigenvalue weighted by Crippen LogP contribution is -2.27. The molecule has 4 aromatic rings. The van der Waals surface area contributed by atoms with Crippen molar-refractivity contribution < 1.29 is 31.1 Å². The van der Waals surface area contributed by atoms with Crippen molar-refractivity contribution in [1.29, 1.82) is 0 Å². The molecule has 0 fully saturated rings. The van der Waals surface area contributed by atoms with Gasteiger partial charge in [-0.25, -0.2) is 22.7 Å². The van der Waals surface area contributed by atoms with E-state index in [9.17, 15) is 26.4 Å². The normalized spacial score (nSPS) is 12.1. The third-order valence-electron chi connectivity index (χ3n) is 5.50. The average Bonchev–Trinajstić information content (AvgIpc) is 3.21. The number of sulfonamides is 1. The summed E-state index contributed by atoms with van der Waals surface area (Å²) >= 11 is 6.38. The Hall–Kier alpha value is -3.64. The molecule has 2 heterocycles. The Labute approximate surface area is 215 Å². The van der Waals surface area contributed by atoms with Crippen LogP contribution in [0.2, 0.25) is 5.02 Å². The van der Waals surface area contributed by atoms with Crippen LogP contribution in [0, 0.1) is 0 Å². The number of fused-ring (bicyclic) bond motifs is 1. The van der Waals surface area contributed by atoms with Crippen LogP contribution in [-0.4, -0.2) is 48.9 Å². The van der Waals surface area contributed by atoms with E-state index in [1.54, 1.807) is 37.3 Å². The van der Waals surface area contributed by atoms with Gasteiger partial charge in [0.05, 0.1) is 29.8 Å². The van der Waals surface area contributed by atoms with E-state index in [0.29, 0.717) is 16.1 Å². The third-order valence-corrected chi connectivity index (χ3v) is 7.00. The zero-order valence-corrected chi connectivity index (χ0v) is 21.3. The topological polar surface area (TPSA) is 93.9 Å². The van der Waals surface area contributed by atoms with Crippen molar-refractivity contribution in [1.82, 2.24) is 14.6 Å². The van der Waals surface area contributed by atoms with Gasteiger partial charge in [-0.3, -0.25) is 4.31 Å². The molecule has 0 saturated carbocycles. The van der Waals surface area contributed by atoms with E-state index in [1.807, 2.05) is 0 Å². The number of hydrogen-bond acceptors (Lipinski definition) is 6. The first-order valence-electron chi connectivity index (χ1n) is 10.8. The molecule has 0 aliphatic carbocycles. The predicted molar refractivity (Wildman–Crippen MR) is 133 cm³/mol. The second kappa shape index (κ2) is 9.67. The van der Waals surface area contributed by atoms with Crippen LogP contribution in [0.3, 0.4) is 0 Å². The fraction of sp³-hybridized carbons (Fsp3) is 0.208. The van der Waals surface area contributed by atoms with Gasteiger partial charge in [0.1, 0.15) is 5.56 Å². The molecular weight excluding hydrogens is 533 g/mol. The highest BCUT2D eigenvalue weighted by Crippen LogP contribution is 2.36. The lowest BCUT2D eigenvalue weighted by molar-refractivity contribution is -0.137. The second-order valence-electron chi connectivity index (χ2n) is 7.97. The molecular formula is C24H20ClF3N4O4S. The first kappa shape index (κ1) is 26.4. The minimum absolute atomic E-state index is 0.00579. The molecule has 0 atom stereocenters. The third kappa shape index (κ3) is 5.12. The molecule has 37 heavy (non-hydrogen) atoms. The number of hydrogen-bond donors (Lipinski definition) is 0. The molecule has 2 aromatic carbocycles. The van der Waals surface area contributed by atoms with Crippen LogP contribution >= 0.6 is 11.6 Å². The SMILES string of the molecule is CCOC(=O)c1c(N(C)S(C)(=O)=O)nn2c(-c3ccc(C(F)(F)F)cc3)cc(-c3ccccc3Cl)nc12. The largest absolute Gasteiger partial charge is 0.462 e. The van der Waals surface area contributed by atoms with Crippen molar-refractivity contribution in [2.75, 3.05) is 24.2 Å². The lowest BCUT2D eigenvalue weighted by atomic mass is 10.1. The Morgan fingerprint density at radius 3 is 2.35 bits per heavy atom. The highest BCUT2D eigenvalue weighted by molar-refractivity contribution is 7.92. The van der Waals surface area contributed by atoms with E-state index in [0.717, 1.165) is 22.7 Å². The quantitative estimate of drug-likeness (QED) is 0.301. The molecule has 13 heteroatoms. The van der Waals surface area contributed by atoms with Crippen LogP contribution < -0.4 is 4.31 Å². The van der Waals surface area contributed by atoms with Crippen LogP contribution in [0.15, 0.2) is 54.6 Å². The van der Waals surface area contributed by atoms with E-state index in [-0.39, 0.29) is 35.0 Å². The zero-order valence-electron chi connectivity index (χ0n) is 19.7. The molecule has 0 aliphatic heterocycles. The number of nitrogens with zero attached hydrogens (tertiary/aromatic N) is 4. The number of benzene rings is 2. The summed E-state index contributed by atoms with van der Waals surface area (Å²) in [6.07, 6.45) is -3.60. The monoisotopic (exact) mass is 552 g/mol. The van der Waals surface area contributed by atoms with Gasteiger partial charge in [0.15, 0.2) is 11.5 Å². The summed E-state index contributed by atoms with van der Waals surface area (Å²) in [5, 5.41) is 4.67. The fourth-order valence-electron chi connectivity index (χ4n) is 3.61. The average molecular weight is 553 g/mol. The zero-order chi connectivity index (χ0) is 27.1. The van der Waals surface area contributed by atoms with Gasteiger partial charge in [0.2, 0.25) is 10.0 Å². The summed E-state index contributed by atoms with van der Waals surface area (Å²) in [6, 6.07) is 12.6. The standard InChI is InChI=1S/C24H20ClF3N4O4S/c1-4-36-23(33)20-21-29-18(16-7-5-6-8-17(16)25)13-19(14-9-11-15(12-10-14)24(26,27)28)32(21)30-22(20)31(2)37(3,34)35/h5-13H,4H2,1-3H3. The number of esters is 1. The molecule has 0 spiro atoms. The molecule has 0 bridgehead atoms. The maximum absolute atomic E-state index is 13.2. The van der Waals surface area contributed by atoms with Crippen LogP contribution in [0.25, 0.3) is 28.2 Å². The Morgan fingerprint density at radius 2 is 1.78 bits per heavy atom. The minimum atomic E-state index is -4.54. The predicted octanol–water partition coefficient (Wildman–Crippen LogP) is 5.31. The molecule has 2 aromatic heterocycles. The number of carbonyl (C=O) groups is 1. The molecule has 0 aliphatic rings. The Balaban J connectivity index is 2.10. The van der Waals surface area contributed by atoms with Crippen LogP contribution in [0.4, 0.5) is 19.0 Å². The van der Waals surface area contributed by atoms with Gasteiger partial charge in [-0.1, -0.05) is 41.9 Å². The van der Waals surface area contributed by atoms with Crippen molar-refractivity contribution in [3.63, 3.8) is 0 Å². The maximum atomic E-state index is 13.2. The summed E-state index contributed by atoms with van der Waals surface area (Å²) in [5.41, 5.74) is 0.180. The van der Waals surface area contributed by atoms with Crippen molar-refractivity contribution in [2.24, 2.45) is 0 Å². The van der Waals surface area contributed by atoms with Gasteiger partial charge in [-0.15, -0.1) is 5.10 Å². The van der Waals surface area contributed by atoms with Gasteiger partial charge >= 0.3 is 12.1 Å². The fourth-order valence-corrected chi connectivity index (χ4v) is 4.29. The highest BCUT2D eigenvalue weighted by Gasteiger charge is 2.32. The Bertz CT molecular complexity index is 1600. The molecule has 4 rings (SSSR count). The summed E-state index contributed by atoms with van der Waals surface area (Å²) in [6.45, 7) is 1.58. The number of rotatable bonds is 6. The summed E-state index contributed by atoms with van der Waals surface area (Å²) in [5.74, 6) is -1.12. The number of ether oxygens (including phenoxy) is 1. The van der Waals surface area contributed by atoms with Crippen LogP contribution in [-0.2, 0) is 20.9 Å². The van der Waals surface area contributed by atoms with Crippen molar-refractivity contribution in [3.8, 4) is 22.5 Å². The van der Waals surface area contributed by atoms with E-state index >= 15 is 0 Å². The number of carbonyl (C=O) groups excluding carboxylic acids is 1. The number of halogens is 4. The van der Waals surface area contributed by atoms with E-state index < -0.39 is 27.7 Å². The number of alkyl halides is 3. The van der Waals surface area contributed by atoms with Gasteiger partial charge < -0.3 is 4.74 Å². The maximum Gasteiger partial charge on any atom is 0.416 e. The molecule has 0 amide bonds. The van der Waals surface area contributed by atoms with Gasteiger partial charge in [0.25, 0.3) is 0 Å². The Kier molecular flexibility index (Phi) is 6.91. The molecule has 0 radical (unpaired) electrons. The summed E-state index contributed by atoms with van der Waals surface area (Å²) in [4.78, 5) is 17.6. The van der Waals surface area contributed by atoms with Gasteiger partial charge in [-0.05, 0) is 31.2 Å². The van der Waals surface area contributed by atoms with Crippen molar-refractivity contribution in [3.05, 3.63) is 70.7 Å². The number of aromatic nitrogens is 3. The minimum Gasteiger partial charge on any atom is -0.462 e. The molecule has 0 saturated heterocycles. The summed E-state index contributed by atoms with van der Waals surface area (Å²) < 4.78 is 71.3. The van der Waals surface area contributed by atoms with Gasteiger partial charge in [0, 0.05) is 23.2 Å². The Morgan fingerprint density at radius 1 is 1.14 bits per heavy atom. The first-order chi connectivity index (χ1) is 17.3. The van der Waals surface area contributed by atoms with Gasteiger partial charge in [-0.2, -0.15) is 13.2 Å². The van der Waals surface area contributed by atoms with E-state index in [4.69, 9.17) is 16.3 Å². The second-order valence-corrected chi connectivity index (χ2v) is 10.4. The lowest BCUT2D eigenvalue weighted by Gasteiger charge is -2.14. The van der Waals surface area contributed by atoms with Crippen LogP contribution in [0.5, 0.6) is 0 Å². The summed E-state index contributed by atoms with van der Waals surface area (Å²) in [7, 11) is -2.65. The number of anilines is 1. The molecule has 8 nitrogen and oxygen atoms in total. The molecule has 194 valence electrons. The van der Waals surface area contributed by atoms with E-state index in [1.165, 1.54) is 23.7 Å². The molecule has 0 N–H and O–H groups in total. The van der Waals surface area contributed by atoms with Crippen molar-refractivity contribution >= 4 is 39.1 Å². The molecule has 0 unspecified atom stereocenters. The van der Waals surface area contributed by atoms with Crippen molar-refractivity contribution in [2.45, 2.75) is 13.1 Å². The smallest absolute Gasteiger partial charge is 0.416 e. The van der Waals surface area contributed by atoms with Crippen LogP contribution in [0.1, 0.15) is 22.8 Å².